The SMILES string of the molecule is CCC1OC(=O)C[C@@H](O)[C@H](C)[C@@H](O[C@@H]2O[C@H](C)[C@@H](O)[C@H](N(C)C)[C@H]2O)[C@@H](CC=O)C[C@@H](C)C(=O)/C=C\C(C)=C/[C@@H]1CO[C@@H]1OC(C)[C@@H](O)[C@@H](O)[C@H]1OC. The summed E-state index contributed by atoms with van der Waals surface area (Å²) in [6.07, 6.45) is -6.88. The molecule has 3 rings (SSSR count). The Morgan fingerprint density at radius 2 is 1.55 bits per heavy atom. The molecular weight excluding hydrogens is 694 g/mol. The topological polar surface area (TPSA) is 211 Å². The maximum absolute atomic E-state index is 13.5. The van der Waals surface area contributed by atoms with Gasteiger partial charge < -0.3 is 63.6 Å². The number of ether oxygens (including phenoxy) is 6. The lowest BCUT2D eigenvalue weighted by Gasteiger charge is -2.46. The largest absolute Gasteiger partial charge is 0.462 e. The number of aliphatic hydroxyl groups excluding tert-OH is 5. The number of hydrogen-bond donors (Lipinski definition) is 5. The monoisotopic (exact) mass is 757 g/mol. The maximum Gasteiger partial charge on any atom is 0.308 e. The van der Waals surface area contributed by atoms with Gasteiger partial charge in [0.15, 0.2) is 18.4 Å². The third-order valence-corrected chi connectivity index (χ3v) is 10.9. The zero-order valence-corrected chi connectivity index (χ0v) is 32.5. The third-order valence-electron chi connectivity index (χ3n) is 10.9. The molecular formula is C38H63NO14. The van der Waals surface area contributed by atoms with E-state index in [1.165, 1.54) is 13.2 Å². The molecule has 0 aliphatic carbocycles. The molecule has 15 heteroatoms. The Morgan fingerprint density at radius 3 is 2.15 bits per heavy atom. The first-order valence-electron chi connectivity index (χ1n) is 18.7. The standard InChI is InChI=1S/C38H63NO14/c1-10-28-25(18-49-38-36(48-9)34(47)32(45)23(6)51-38)15-19(2)11-12-26(41)20(3)16-24(13-14-40)35(21(4)27(42)17-29(43)52-28)53-37-33(46)30(39(7)8)31(44)22(5)50-37/h11-12,14-15,20-25,27-28,30-38,42,44-47H,10,13,16-18H2,1-9H3/b12-11-,19-15-/t20-,21+,22-,23?,24+,25-,27-,28?,30+,31-,32-,33-,34-,35-,36-,37+,38-/m1/s1. The summed E-state index contributed by atoms with van der Waals surface area (Å²) >= 11 is 0. The van der Waals surface area contributed by atoms with E-state index in [0.29, 0.717) is 18.3 Å². The smallest absolute Gasteiger partial charge is 0.308 e. The van der Waals surface area contributed by atoms with E-state index in [4.69, 9.17) is 28.4 Å². The lowest BCUT2D eigenvalue weighted by Crippen LogP contribution is -2.63. The van der Waals surface area contributed by atoms with E-state index >= 15 is 0 Å². The highest BCUT2D eigenvalue weighted by Gasteiger charge is 2.48. The Hall–Kier alpha value is -2.15. The van der Waals surface area contributed by atoms with Crippen LogP contribution < -0.4 is 0 Å². The Balaban J connectivity index is 1.96. The van der Waals surface area contributed by atoms with Crippen molar-refractivity contribution in [1.29, 1.82) is 0 Å². The molecule has 15 nitrogen and oxygen atoms in total. The molecule has 53 heavy (non-hydrogen) atoms. The van der Waals surface area contributed by atoms with Gasteiger partial charge in [0.2, 0.25) is 0 Å². The molecule has 0 spiro atoms. The van der Waals surface area contributed by atoms with Gasteiger partial charge in [-0.2, -0.15) is 0 Å². The van der Waals surface area contributed by atoms with Crippen LogP contribution in [0.2, 0.25) is 0 Å². The van der Waals surface area contributed by atoms with Gasteiger partial charge in [0, 0.05) is 31.3 Å². The molecule has 0 saturated carbocycles. The Bertz CT molecular complexity index is 1250. The van der Waals surface area contributed by atoms with Crippen LogP contribution in [0, 0.1) is 23.7 Å². The van der Waals surface area contributed by atoms with E-state index in [2.05, 4.69) is 0 Å². The number of allylic oxidation sites excluding steroid dienone is 3. The number of aliphatic hydroxyl groups is 5. The van der Waals surface area contributed by atoms with Gasteiger partial charge in [-0.15, -0.1) is 0 Å². The fourth-order valence-corrected chi connectivity index (χ4v) is 7.51. The van der Waals surface area contributed by atoms with Crippen LogP contribution in [0.1, 0.15) is 67.2 Å². The molecule has 3 aliphatic rings. The van der Waals surface area contributed by atoms with E-state index in [1.54, 1.807) is 59.7 Å². The molecule has 0 aromatic carbocycles. The number of hydrogen-bond acceptors (Lipinski definition) is 15. The van der Waals surface area contributed by atoms with Gasteiger partial charge in [0.05, 0.1) is 49.6 Å². The molecule has 3 heterocycles. The molecule has 0 amide bonds. The zero-order valence-electron chi connectivity index (χ0n) is 32.5. The molecule has 3 aliphatic heterocycles. The molecule has 2 fully saturated rings. The number of aldehydes is 1. The van der Waals surface area contributed by atoms with Crippen LogP contribution in [-0.2, 0) is 42.8 Å². The van der Waals surface area contributed by atoms with E-state index in [0.717, 1.165) is 0 Å². The average molecular weight is 758 g/mol. The van der Waals surface area contributed by atoms with Crippen molar-refractivity contribution in [2.24, 2.45) is 23.7 Å². The lowest BCUT2D eigenvalue weighted by molar-refractivity contribution is -0.304. The van der Waals surface area contributed by atoms with E-state index in [9.17, 15) is 39.9 Å². The van der Waals surface area contributed by atoms with Gasteiger partial charge in [-0.05, 0) is 59.7 Å². The highest BCUT2D eigenvalue weighted by atomic mass is 16.7. The first kappa shape index (κ1) is 45.2. The normalized spacial score (nSPS) is 44.2. The van der Waals surface area contributed by atoms with Crippen molar-refractivity contribution in [3.8, 4) is 0 Å². The summed E-state index contributed by atoms with van der Waals surface area (Å²) in [4.78, 5) is 40.6. The molecule has 17 atom stereocenters. The number of methoxy groups -OCH3 is 1. The Labute approximate surface area is 313 Å². The van der Waals surface area contributed by atoms with Gasteiger partial charge in [-0.3, -0.25) is 9.59 Å². The predicted octanol–water partition coefficient (Wildman–Crippen LogP) is 0.908. The van der Waals surface area contributed by atoms with Crippen molar-refractivity contribution >= 4 is 18.0 Å². The molecule has 2 unspecified atom stereocenters. The molecule has 304 valence electrons. The predicted molar refractivity (Wildman–Crippen MR) is 191 cm³/mol. The summed E-state index contributed by atoms with van der Waals surface area (Å²) in [6, 6.07) is -0.746. The van der Waals surface area contributed by atoms with Crippen molar-refractivity contribution in [1.82, 2.24) is 4.90 Å². The number of carbonyl (C=O) groups is 3. The van der Waals surface area contributed by atoms with Crippen molar-refractivity contribution < 1.29 is 68.3 Å². The zero-order chi connectivity index (χ0) is 39.7. The first-order chi connectivity index (χ1) is 24.9. The first-order valence-corrected chi connectivity index (χ1v) is 18.7. The minimum Gasteiger partial charge on any atom is -0.462 e. The number of nitrogens with zero attached hydrogens (tertiary/aromatic N) is 1. The fourth-order valence-electron chi connectivity index (χ4n) is 7.51. The van der Waals surface area contributed by atoms with Crippen molar-refractivity contribution in [3.63, 3.8) is 0 Å². The van der Waals surface area contributed by atoms with E-state index in [1.807, 2.05) is 13.0 Å². The number of esters is 1. The van der Waals surface area contributed by atoms with Crippen LogP contribution in [0.15, 0.2) is 23.8 Å². The third kappa shape index (κ3) is 11.7. The molecule has 0 aromatic heterocycles. The van der Waals surface area contributed by atoms with Crippen LogP contribution in [0.25, 0.3) is 0 Å². The second-order valence-corrected chi connectivity index (χ2v) is 15.1. The van der Waals surface area contributed by atoms with Crippen molar-refractivity contribution in [2.75, 3.05) is 27.8 Å². The Morgan fingerprint density at radius 1 is 0.906 bits per heavy atom. The average Bonchev–Trinajstić information content (AvgIpc) is 3.10. The van der Waals surface area contributed by atoms with Crippen LogP contribution in [-0.4, -0.2) is 156 Å². The second kappa shape index (κ2) is 20.7. The van der Waals surface area contributed by atoms with Crippen LogP contribution in [0.3, 0.4) is 0 Å². The molecule has 5 N–H and O–H groups in total. The van der Waals surface area contributed by atoms with Crippen LogP contribution >= 0.6 is 0 Å². The minimum absolute atomic E-state index is 0.0342. The Kier molecular flexibility index (Phi) is 17.6. The van der Waals surface area contributed by atoms with Gasteiger partial charge in [0.1, 0.15) is 36.8 Å². The van der Waals surface area contributed by atoms with Crippen LogP contribution in [0.4, 0.5) is 0 Å². The number of cyclic esters (lactones) is 1. The van der Waals surface area contributed by atoms with Crippen molar-refractivity contribution in [2.45, 2.75) is 147 Å². The molecule has 2 saturated heterocycles. The summed E-state index contributed by atoms with van der Waals surface area (Å²) in [5.74, 6) is -3.48. The summed E-state index contributed by atoms with van der Waals surface area (Å²) in [6.45, 7) is 10.2. The fraction of sp³-hybridized carbons (Fsp3) is 0.816. The summed E-state index contributed by atoms with van der Waals surface area (Å²) in [7, 11) is 4.78. The number of rotatable bonds is 10. The number of ketones is 1. The summed E-state index contributed by atoms with van der Waals surface area (Å²) in [5, 5.41) is 54.4. The maximum atomic E-state index is 13.5. The molecule has 0 bridgehead atoms. The highest BCUT2D eigenvalue weighted by Crippen LogP contribution is 2.34. The van der Waals surface area contributed by atoms with Gasteiger partial charge in [0.25, 0.3) is 0 Å². The van der Waals surface area contributed by atoms with Gasteiger partial charge in [-0.1, -0.05) is 38.5 Å². The van der Waals surface area contributed by atoms with E-state index < -0.39 is 116 Å². The minimum atomic E-state index is -1.33. The van der Waals surface area contributed by atoms with Crippen LogP contribution in [0.5, 0.6) is 0 Å². The van der Waals surface area contributed by atoms with Crippen molar-refractivity contribution in [3.05, 3.63) is 23.8 Å². The second-order valence-electron chi connectivity index (χ2n) is 15.1. The summed E-state index contributed by atoms with van der Waals surface area (Å²) in [5.41, 5.74) is 0.673. The number of carbonyl (C=O) groups excluding carboxylic acids is 3. The number of likely N-dealkylation sites (N-methyl/N-ethyl adjacent to an activating group) is 1. The molecule has 0 radical (unpaired) electrons. The van der Waals surface area contributed by atoms with Gasteiger partial charge in [-0.25, -0.2) is 0 Å². The van der Waals surface area contributed by atoms with E-state index in [-0.39, 0.29) is 25.2 Å². The quantitative estimate of drug-likeness (QED) is 0.155. The van der Waals surface area contributed by atoms with Gasteiger partial charge >= 0.3 is 5.97 Å². The summed E-state index contributed by atoms with van der Waals surface area (Å²) < 4.78 is 35.6. The molecule has 0 aromatic rings. The lowest BCUT2D eigenvalue weighted by atomic mass is 9.79. The highest BCUT2D eigenvalue weighted by molar-refractivity contribution is 5.91.